The third-order valence-electron chi connectivity index (χ3n) is 2.28. The van der Waals surface area contributed by atoms with Crippen molar-refractivity contribution in [1.82, 2.24) is 9.88 Å². The maximum atomic E-state index is 11.9. The second-order valence-electron chi connectivity index (χ2n) is 3.29. The summed E-state index contributed by atoms with van der Waals surface area (Å²) >= 11 is 0. The molecule has 0 bridgehead atoms. The smallest absolute Gasteiger partial charge is 0.272 e. The molecule has 0 aromatic carbocycles. The Hall–Kier alpha value is -1.14. The highest BCUT2D eigenvalue weighted by atomic mass is 35.7. The van der Waals surface area contributed by atoms with Crippen molar-refractivity contribution in [2.45, 2.75) is 18.7 Å². The number of carbonyl (C=O) groups is 1. The van der Waals surface area contributed by atoms with Crippen LogP contribution in [0, 0.1) is 0 Å². The molecule has 0 aliphatic heterocycles. The first kappa shape index (κ1) is 13.9. The van der Waals surface area contributed by atoms with E-state index in [0.29, 0.717) is 13.1 Å². The van der Waals surface area contributed by atoms with Gasteiger partial charge in [-0.3, -0.25) is 9.78 Å². The van der Waals surface area contributed by atoms with Crippen molar-refractivity contribution in [2.75, 3.05) is 13.1 Å². The molecule has 0 N–H and O–H groups in total. The van der Waals surface area contributed by atoms with Crippen LogP contribution in [0.5, 0.6) is 0 Å². The molecule has 1 aromatic heterocycles. The highest BCUT2D eigenvalue weighted by molar-refractivity contribution is 8.13. The third kappa shape index (κ3) is 3.41. The molecule has 94 valence electrons. The Morgan fingerprint density at radius 2 is 2.00 bits per heavy atom. The van der Waals surface area contributed by atoms with Crippen molar-refractivity contribution >= 4 is 25.6 Å². The Kier molecular flexibility index (Phi) is 4.47. The lowest BCUT2D eigenvalue weighted by atomic mass is 10.3. The van der Waals surface area contributed by atoms with Crippen LogP contribution in [0.2, 0.25) is 0 Å². The monoisotopic (exact) mass is 276 g/mol. The predicted octanol–water partition coefficient (Wildman–Crippen LogP) is 1.49. The van der Waals surface area contributed by atoms with Gasteiger partial charge in [-0.25, -0.2) is 8.42 Å². The van der Waals surface area contributed by atoms with E-state index >= 15 is 0 Å². The Labute approximate surface area is 105 Å². The first-order chi connectivity index (χ1) is 7.90. The van der Waals surface area contributed by atoms with Gasteiger partial charge in [0.2, 0.25) is 0 Å². The van der Waals surface area contributed by atoms with Crippen LogP contribution in [0.25, 0.3) is 0 Å². The lowest BCUT2D eigenvalue weighted by Gasteiger charge is -2.17. The number of nitrogens with zero attached hydrogens (tertiary/aromatic N) is 2. The van der Waals surface area contributed by atoms with Crippen molar-refractivity contribution in [1.29, 1.82) is 0 Å². The zero-order valence-corrected chi connectivity index (χ0v) is 11.1. The molecule has 7 heteroatoms. The van der Waals surface area contributed by atoms with Gasteiger partial charge >= 0.3 is 0 Å². The Balaban J connectivity index is 3.12. The minimum absolute atomic E-state index is 0.0791. The molecule has 0 radical (unpaired) electrons. The molecule has 5 nitrogen and oxygen atoms in total. The molecule has 17 heavy (non-hydrogen) atoms. The molecule has 0 saturated heterocycles. The van der Waals surface area contributed by atoms with E-state index in [1.54, 1.807) is 4.90 Å². The normalized spacial score (nSPS) is 11.2. The molecule has 0 fully saturated rings. The average Bonchev–Trinajstić information content (AvgIpc) is 2.29. The molecule has 0 saturated carbocycles. The molecule has 0 aliphatic carbocycles. The summed E-state index contributed by atoms with van der Waals surface area (Å²) in [7, 11) is 1.37. The Morgan fingerprint density at radius 1 is 1.41 bits per heavy atom. The quantitative estimate of drug-likeness (QED) is 0.782. The van der Waals surface area contributed by atoms with E-state index < -0.39 is 9.05 Å². The lowest BCUT2D eigenvalue weighted by Crippen LogP contribution is -2.31. The number of aromatic nitrogens is 1. The highest BCUT2D eigenvalue weighted by Crippen LogP contribution is 2.15. The number of pyridine rings is 1. The van der Waals surface area contributed by atoms with Gasteiger partial charge in [0.25, 0.3) is 15.0 Å². The van der Waals surface area contributed by atoms with Crippen LogP contribution in [0.15, 0.2) is 23.2 Å². The molecular weight excluding hydrogens is 264 g/mol. The maximum Gasteiger partial charge on any atom is 0.272 e. The summed E-state index contributed by atoms with van der Waals surface area (Å²) in [6.07, 6.45) is 1.26. The summed E-state index contributed by atoms with van der Waals surface area (Å²) in [6.45, 7) is 4.75. The van der Waals surface area contributed by atoms with Gasteiger partial charge < -0.3 is 4.90 Å². The molecule has 0 atom stereocenters. The third-order valence-corrected chi connectivity index (χ3v) is 3.63. The predicted molar refractivity (Wildman–Crippen MR) is 64.5 cm³/mol. The fourth-order valence-corrected chi connectivity index (χ4v) is 2.12. The van der Waals surface area contributed by atoms with Crippen LogP contribution in [0.3, 0.4) is 0 Å². The first-order valence-electron chi connectivity index (χ1n) is 5.10. The zero-order valence-electron chi connectivity index (χ0n) is 9.55. The summed E-state index contributed by atoms with van der Waals surface area (Å²) in [6, 6.07) is 2.43. The number of halogens is 1. The van der Waals surface area contributed by atoms with Crippen molar-refractivity contribution < 1.29 is 13.2 Å². The summed E-state index contributed by atoms with van der Waals surface area (Å²) in [4.78, 5) is 17.2. The van der Waals surface area contributed by atoms with E-state index in [2.05, 4.69) is 4.98 Å². The lowest BCUT2D eigenvalue weighted by molar-refractivity contribution is 0.0767. The molecule has 0 spiro atoms. The minimum atomic E-state index is -3.84. The maximum absolute atomic E-state index is 11.9. The molecule has 0 unspecified atom stereocenters. The zero-order chi connectivity index (χ0) is 13.1. The average molecular weight is 277 g/mol. The number of hydrogen-bond donors (Lipinski definition) is 0. The van der Waals surface area contributed by atoms with E-state index in [-0.39, 0.29) is 16.5 Å². The first-order valence-corrected chi connectivity index (χ1v) is 7.41. The van der Waals surface area contributed by atoms with Gasteiger partial charge in [-0.05, 0) is 26.0 Å². The molecule has 1 aromatic rings. The SMILES string of the molecule is CCN(CC)C(=O)c1cc(S(=O)(=O)Cl)ccn1. The van der Waals surface area contributed by atoms with E-state index in [1.807, 2.05) is 13.8 Å². The van der Waals surface area contributed by atoms with Crippen LogP contribution < -0.4 is 0 Å². The Morgan fingerprint density at radius 3 is 2.47 bits per heavy atom. The summed E-state index contributed by atoms with van der Waals surface area (Å²) in [5.74, 6) is -0.308. The van der Waals surface area contributed by atoms with Crippen molar-refractivity contribution in [3.63, 3.8) is 0 Å². The van der Waals surface area contributed by atoms with E-state index in [0.717, 1.165) is 0 Å². The molecule has 1 heterocycles. The number of rotatable bonds is 4. The van der Waals surface area contributed by atoms with Gasteiger partial charge in [0.05, 0.1) is 4.90 Å². The van der Waals surface area contributed by atoms with Gasteiger partial charge in [-0.1, -0.05) is 0 Å². The van der Waals surface area contributed by atoms with Gasteiger partial charge in [-0.15, -0.1) is 0 Å². The summed E-state index contributed by atoms with van der Waals surface area (Å²) in [5, 5.41) is 0. The largest absolute Gasteiger partial charge is 0.338 e. The molecular formula is C10H13ClN2O3S. The van der Waals surface area contributed by atoms with Crippen LogP contribution >= 0.6 is 10.7 Å². The van der Waals surface area contributed by atoms with E-state index in [4.69, 9.17) is 10.7 Å². The fourth-order valence-electron chi connectivity index (χ4n) is 1.35. The van der Waals surface area contributed by atoms with Crippen LogP contribution in [0.1, 0.15) is 24.3 Å². The number of amides is 1. The van der Waals surface area contributed by atoms with Gasteiger partial charge in [0.15, 0.2) is 0 Å². The summed E-state index contributed by atoms with van der Waals surface area (Å²) in [5.41, 5.74) is 0.0791. The molecule has 0 aliphatic rings. The van der Waals surface area contributed by atoms with Gasteiger partial charge in [0.1, 0.15) is 5.69 Å². The fraction of sp³-hybridized carbons (Fsp3) is 0.400. The Bertz CT molecular complexity index is 512. The van der Waals surface area contributed by atoms with E-state index in [1.165, 1.54) is 18.3 Å². The standard InChI is InChI=1S/C10H13ClN2O3S/c1-3-13(4-2)10(14)9-7-8(5-6-12-9)17(11,15)16/h5-7H,3-4H2,1-2H3. The van der Waals surface area contributed by atoms with Crippen molar-refractivity contribution in [2.24, 2.45) is 0 Å². The molecule has 1 amide bonds. The van der Waals surface area contributed by atoms with Crippen molar-refractivity contribution in [3.05, 3.63) is 24.0 Å². The van der Waals surface area contributed by atoms with Gasteiger partial charge in [0, 0.05) is 30.0 Å². The number of hydrogen-bond acceptors (Lipinski definition) is 4. The van der Waals surface area contributed by atoms with Gasteiger partial charge in [-0.2, -0.15) is 0 Å². The van der Waals surface area contributed by atoms with Crippen LogP contribution in [-0.2, 0) is 9.05 Å². The topological polar surface area (TPSA) is 67.3 Å². The van der Waals surface area contributed by atoms with Crippen molar-refractivity contribution in [3.8, 4) is 0 Å². The second kappa shape index (κ2) is 5.46. The number of carbonyl (C=O) groups excluding carboxylic acids is 1. The second-order valence-corrected chi connectivity index (χ2v) is 5.86. The minimum Gasteiger partial charge on any atom is -0.338 e. The summed E-state index contributed by atoms with van der Waals surface area (Å²) < 4.78 is 22.3. The van der Waals surface area contributed by atoms with Crippen LogP contribution in [-0.4, -0.2) is 37.3 Å². The van der Waals surface area contributed by atoms with E-state index in [9.17, 15) is 13.2 Å². The highest BCUT2D eigenvalue weighted by Gasteiger charge is 2.17. The van der Waals surface area contributed by atoms with Crippen LogP contribution in [0.4, 0.5) is 0 Å². The molecule has 1 rings (SSSR count).